The SMILES string of the molecule is C[C@H]1CN(Cc2ccccc2)C2(S)Cn3cc(C(=O)NCc4ccc(F)cc4F)c(=O)c(O)c3C(=O)N2C1. The van der Waals surface area contributed by atoms with E-state index in [1.165, 1.54) is 16.8 Å². The predicted octanol–water partition coefficient (Wildman–Crippen LogP) is 2.95. The summed E-state index contributed by atoms with van der Waals surface area (Å²) in [4.78, 5) is 41.9. The second-order valence-electron chi connectivity index (χ2n) is 9.78. The minimum absolute atomic E-state index is 0.0232. The van der Waals surface area contributed by atoms with Gasteiger partial charge >= 0.3 is 0 Å². The first-order valence-electron chi connectivity index (χ1n) is 12.1. The number of carbonyl (C=O) groups is 2. The highest BCUT2D eigenvalue weighted by Gasteiger charge is 2.51. The average Bonchev–Trinajstić information content (AvgIpc) is 2.87. The van der Waals surface area contributed by atoms with Gasteiger partial charge in [0.05, 0.1) is 6.54 Å². The molecule has 2 aliphatic rings. The van der Waals surface area contributed by atoms with Crippen LogP contribution in [-0.2, 0) is 19.6 Å². The van der Waals surface area contributed by atoms with E-state index in [9.17, 15) is 28.3 Å². The molecular formula is C27H26F2N4O4S. The Balaban J connectivity index is 1.47. The number of hydrogen-bond donors (Lipinski definition) is 3. The van der Waals surface area contributed by atoms with E-state index in [-0.39, 0.29) is 30.3 Å². The third kappa shape index (κ3) is 4.56. The number of aromatic nitrogens is 1. The van der Waals surface area contributed by atoms with Crippen molar-refractivity contribution in [2.45, 2.75) is 31.6 Å². The summed E-state index contributed by atoms with van der Waals surface area (Å²) in [7, 11) is 0. The second-order valence-corrected chi connectivity index (χ2v) is 10.5. The molecule has 5 rings (SSSR count). The lowest BCUT2D eigenvalue weighted by Gasteiger charge is -2.55. The molecule has 38 heavy (non-hydrogen) atoms. The van der Waals surface area contributed by atoms with E-state index in [0.717, 1.165) is 11.6 Å². The Kier molecular flexibility index (Phi) is 6.74. The van der Waals surface area contributed by atoms with Crippen molar-refractivity contribution in [1.82, 2.24) is 19.7 Å². The Hall–Kier alpha value is -3.70. The number of rotatable bonds is 5. The number of nitrogens with zero attached hydrogens (tertiary/aromatic N) is 3. The summed E-state index contributed by atoms with van der Waals surface area (Å²) in [5.74, 6) is -3.76. The molecule has 2 aromatic carbocycles. The lowest BCUT2D eigenvalue weighted by molar-refractivity contribution is -0.0514. The van der Waals surface area contributed by atoms with E-state index in [2.05, 4.69) is 10.2 Å². The Morgan fingerprint density at radius 3 is 2.61 bits per heavy atom. The van der Waals surface area contributed by atoms with Gasteiger partial charge < -0.3 is 19.9 Å². The zero-order chi connectivity index (χ0) is 27.2. The van der Waals surface area contributed by atoms with E-state index in [1.807, 2.05) is 37.3 Å². The molecule has 2 amide bonds. The van der Waals surface area contributed by atoms with Crippen LogP contribution in [0.5, 0.6) is 5.75 Å². The van der Waals surface area contributed by atoms with Crippen LogP contribution in [0.25, 0.3) is 0 Å². The largest absolute Gasteiger partial charge is 0.503 e. The molecular weight excluding hydrogens is 514 g/mol. The van der Waals surface area contributed by atoms with E-state index in [1.54, 1.807) is 4.90 Å². The van der Waals surface area contributed by atoms with Crippen LogP contribution in [0, 0.1) is 17.6 Å². The van der Waals surface area contributed by atoms with Crippen molar-refractivity contribution in [3.05, 3.63) is 99.0 Å². The van der Waals surface area contributed by atoms with Gasteiger partial charge in [0.15, 0.2) is 16.4 Å². The van der Waals surface area contributed by atoms with Crippen molar-refractivity contribution < 1.29 is 23.5 Å². The van der Waals surface area contributed by atoms with Crippen LogP contribution in [-0.4, -0.2) is 49.4 Å². The van der Waals surface area contributed by atoms with Crippen LogP contribution in [0.4, 0.5) is 8.78 Å². The van der Waals surface area contributed by atoms with Gasteiger partial charge in [0.25, 0.3) is 11.8 Å². The van der Waals surface area contributed by atoms with Crippen LogP contribution < -0.4 is 10.7 Å². The lowest BCUT2D eigenvalue weighted by Crippen LogP contribution is -2.69. The number of hydrogen-bond acceptors (Lipinski definition) is 6. The van der Waals surface area contributed by atoms with Crippen molar-refractivity contribution in [1.29, 1.82) is 0 Å². The Labute approximate surface area is 222 Å². The van der Waals surface area contributed by atoms with Gasteiger partial charge in [-0.15, -0.1) is 12.6 Å². The van der Waals surface area contributed by atoms with E-state index < -0.39 is 45.2 Å². The zero-order valence-corrected chi connectivity index (χ0v) is 21.4. The summed E-state index contributed by atoms with van der Waals surface area (Å²) in [5, 5.41) is 13.2. The second kappa shape index (κ2) is 9.88. The first-order valence-corrected chi connectivity index (χ1v) is 12.5. The van der Waals surface area contributed by atoms with Gasteiger partial charge in [0.1, 0.15) is 17.2 Å². The van der Waals surface area contributed by atoms with Crippen LogP contribution in [0.3, 0.4) is 0 Å². The molecule has 1 aromatic heterocycles. The highest BCUT2D eigenvalue weighted by atomic mass is 32.1. The molecule has 198 valence electrons. The molecule has 0 bridgehead atoms. The number of thiol groups is 1. The summed E-state index contributed by atoms with van der Waals surface area (Å²) in [6.45, 7) is 3.33. The molecule has 0 radical (unpaired) electrons. The smallest absolute Gasteiger partial charge is 0.276 e. The van der Waals surface area contributed by atoms with Crippen LogP contribution >= 0.6 is 12.6 Å². The van der Waals surface area contributed by atoms with E-state index >= 15 is 0 Å². The fourth-order valence-electron chi connectivity index (χ4n) is 5.09. The Bertz CT molecular complexity index is 1480. The number of pyridine rings is 1. The molecule has 3 heterocycles. The number of aromatic hydroxyl groups is 1. The summed E-state index contributed by atoms with van der Waals surface area (Å²) in [6, 6.07) is 12.7. The number of benzene rings is 2. The van der Waals surface area contributed by atoms with Crippen LogP contribution in [0.15, 0.2) is 59.5 Å². The zero-order valence-electron chi connectivity index (χ0n) is 20.5. The molecule has 3 aromatic rings. The molecule has 2 aliphatic heterocycles. The molecule has 0 aliphatic carbocycles. The standard InChI is InChI=1S/C27H26F2N4O4S/c1-16-11-32(13-17-5-3-2-4-6-17)27(38)15-31-14-20(23(34)24(35)22(31)26(37)33(27)12-16)25(36)30-10-18-7-8-19(28)9-21(18)29/h2-9,14,16,35,38H,10-13,15H2,1H3,(H,30,36)/t16-,27?/m0/s1. The summed E-state index contributed by atoms with van der Waals surface area (Å²) < 4.78 is 28.5. The Morgan fingerprint density at radius 1 is 1.16 bits per heavy atom. The lowest BCUT2D eigenvalue weighted by atomic mass is 10.0. The van der Waals surface area contributed by atoms with Gasteiger partial charge in [-0.2, -0.15) is 0 Å². The third-order valence-corrected chi connectivity index (χ3v) is 7.63. The summed E-state index contributed by atoms with van der Waals surface area (Å²) in [6.07, 6.45) is 1.22. The molecule has 1 saturated heterocycles. The minimum atomic E-state index is -1.08. The molecule has 11 heteroatoms. The van der Waals surface area contributed by atoms with E-state index in [0.29, 0.717) is 25.7 Å². The predicted molar refractivity (Wildman–Crippen MR) is 139 cm³/mol. The fourth-order valence-corrected chi connectivity index (χ4v) is 5.56. The molecule has 2 N–H and O–H groups in total. The molecule has 2 atom stereocenters. The van der Waals surface area contributed by atoms with Crippen LogP contribution in [0.2, 0.25) is 0 Å². The monoisotopic (exact) mass is 540 g/mol. The molecule has 0 saturated carbocycles. The average molecular weight is 541 g/mol. The molecule has 0 spiro atoms. The topological polar surface area (TPSA) is 94.9 Å². The number of halogens is 2. The molecule has 1 fully saturated rings. The Morgan fingerprint density at radius 2 is 1.89 bits per heavy atom. The maximum atomic E-state index is 14.0. The van der Waals surface area contributed by atoms with Crippen LogP contribution in [0.1, 0.15) is 38.9 Å². The summed E-state index contributed by atoms with van der Waals surface area (Å²) in [5.41, 5.74) is -0.584. The van der Waals surface area contributed by atoms with Crippen molar-refractivity contribution in [3.8, 4) is 5.75 Å². The number of amides is 2. The van der Waals surface area contributed by atoms with Crippen molar-refractivity contribution in [3.63, 3.8) is 0 Å². The van der Waals surface area contributed by atoms with Gasteiger partial charge in [0, 0.05) is 44.0 Å². The normalized spacial score (nSPS) is 21.1. The number of nitrogens with one attached hydrogen (secondary N) is 1. The van der Waals surface area contributed by atoms with Gasteiger partial charge in [-0.3, -0.25) is 19.3 Å². The maximum absolute atomic E-state index is 14.0. The molecule has 8 nitrogen and oxygen atoms in total. The minimum Gasteiger partial charge on any atom is -0.503 e. The number of fused-ring (bicyclic) bond motifs is 2. The third-order valence-electron chi connectivity index (χ3n) is 6.97. The fraction of sp³-hybridized carbons (Fsp3) is 0.296. The van der Waals surface area contributed by atoms with Crippen molar-refractivity contribution in [2.75, 3.05) is 13.1 Å². The molecule has 1 unspecified atom stereocenters. The number of carbonyl (C=O) groups excluding carboxylic acids is 2. The highest BCUT2D eigenvalue weighted by molar-refractivity contribution is 7.81. The van der Waals surface area contributed by atoms with Gasteiger partial charge in [0.2, 0.25) is 5.43 Å². The maximum Gasteiger partial charge on any atom is 0.276 e. The first kappa shape index (κ1) is 25.9. The first-order chi connectivity index (χ1) is 18.1. The summed E-state index contributed by atoms with van der Waals surface area (Å²) >= 11 is 4.96. The highest BCUT2D eigenvalue weighted by Crippen LogP contribution is 2.40. The van der Waals surface area contributed by atoms with E-state index in [4.69, 9.17) is 12.6 Å². The van der Waals surface area contributed by atoms with Gasteiger partial charge in [-0.25, -0.2) is 8.78 Å². The van der Waals surface area contributed by atoms with Crippen molar-refractivity contribution >= 4 is 24.4 Å². The van der Waals surface area contributed by atoms with Gasteiger partial charge in [-0.1, -0.05) is 43.3 Å². The quantitative estimate of drug-likeness (QED) is 0.433. The van der Waals surface area contributed by atoms with Crippen molar-refractivity contribution in [2.24, 2.45) is 5.92 Å². The van der Waals surface area contributed by atoms with Gasteiger partial charge in [-0.05, 0) is 17.5 Å².